The van der Waals surface area contributed by atoms with Gasteiger partial charge in [-0.25, -0.2) is 19.5 Å². The number of ether oxygens (including phenoxy) is 3. The molecule has 2 aromatic heterocycles. The van der Waals surface area contributed by atoms with Crippen LogP contribution in [0.1, 0.15) is 20.1 Å². The van der Waals surface area contributed by atoms with Crippen LogP contribution in [-0.2, 0) is 32.9 Å². The summed E-state index contributed by atoms with van der Waals surface area (Å²) in [6.07, 6.45) is 1.15. The molecule has 0 radical (unpaired) electrons. The molecular weight excluding hydrogens is 532 g/mol. The molecule has 3 rings (SSSR count). The van der Waals surface area contributed by atoms with E-state index in [2.05, 4.69) is 25.1 Å². The van der Waals surface area contributed by atoms with Crippen molar-refractivity contribution >= 4 is 36.7 Å². The summed E-state index contributed by atoms with van der Waals surface area (Å²) >= 11 is 0. The Labute approximate surface area is 214 Å². The van der Waals surface area contributed by atoms with Gasteiger partial charge in [0.25, 0.3) is 5.56 Å². The molecule has 38 heavy (non-hydrogen) atoms. The fraction of sp³-hybridized carbons (Fsp3) is 0.550. The van der Waals surface area contributed by atoms with E-state index in [1.165, 1.54) is 0 Å². The van der Waals surface area contributed by atoms with Crippen molar-refractivity contribution in [3.8, 4) is 12.3 Å². The maximum absolute atomic E-state index is 15.9. The molecule has 0 spiro atoms. The first-order valence-corrected chi connectivity index (χ1v) is 12.9. The van der Waals surface area contributed by atoms with Crippen LogP contribution in [0.25, 0.3) is 11.2 Å². The van der Waals surface area contributed by atoms with Crippen LogP contribution >= 0.6 is 7.67 Å². The zero-order valence-corrected chi connectivity index (χ0v) is 21.3. The molecule has 0 saturated carbocycles. The zero-order valence-electron chi connectivity index (χ0n) is 20.4. The number of anilines is 1. The van der Waals surface area contributed by atoms with Gasteiger partial charge in [-0.1, -0.05) is 5.92 Å². The molecule has 16 nitrogen and oxygen atoms in total. The Bertz CT molecular complexity index is 1300. The summed E-state index contributed by atoms with van der Waals surface area (Å²) in [5, 5.41) is 15.3. The highest BCUT2D eigenvalue weighted by molar-refractivity contribution is 7.54. The number of nitrogens with one attached hydrogen (secondary N) is 3. The number of hydrogen-bond donors (Lipinski definition) is 5. The highest BCUT2D eigenvalue weighted by Crippen LogP contribution is 2.44. The fourth-order valence-electron chi connectivity index (χ4n) is 3.51. The molecule has 6 N–H and O–H groups in total. The number of aliphatic hydroxyl groups is 1. The molecule has 18 heteroatoms. The third-order valence-electron chi connectivity index (χ3n) is 5.26. The largest absolute Gasteiger partial charge is 0.465 e. The Morgan fingerprint density at radius 3 is 2.50 bits per heavy atom. The number of carbonyl (C=O) groups is 2. The molecule has 2 aromatic rings. The van der Waals surface area contributed by atoms with Gasteiger partial charge in [0.2, 0.25) is 11.6 Å². The van der Waals surface area contributed by atoms with E-state index in [9.17, 15) is 24.1 Å². The Hall–Kier alpha value is -3.39. The highest BCUT2D eigenvalue weighted by Gasteiger charge is 2.58. The maximum atomic E-state index is 15.9. The van der Waals surface area contributed by atoms with Gasteiger partial charge in [0, 0.05) is 0 Å². The van der Waals surface area contributed by atoms with Crippen molar-refractivity contribution in [3.05, 3.63) is 16.7 Å². The van der Waals surface area contributed by atoms with Crippen molar-refractivity contribution in [2.24, 2.45) is 0 Å². The van der Waals surface area contributed by atoms with Crippen LogP contribution in [0.4, 0.5) is 10.3 Å². The Morgan fingerprint density at radius 1 is 1.34 bits per heavy atom. The van der Waals surface area contributed by atoms with Crippen molar-refractivity contribution in [1.29, 1.82) is 0 Å². The zero-order chi connectivity index (χ0) is 28.1. The molecule has 1 aliphatic heterocycles. The van der Waals surface area contributed by atoms with Crippen LogP contribution in [-0.4, -0.2) is 87.4 Å². The summed E-state index contributed by atoms with van der Waals surface area (Å²) in [6.45, 7) is 1.39. The van der Waals surface area contributed by atoms with Gasteiger partial charge in [0.15, 0.2) is 17.4 Å². The van der Waals surface area contributed by atoms with E-state index in [1.807, 2.05) is 5.92 Å². The lowest BCUT2D eigenvalue weighted by atomic mass is 9.97. The van der Waals surface area contributed by atoms with Gasteiger partial charge >= 0.3 is 19.6 Å². The lowest BCUT2D eigenvalue weighted by Gasteiger charge is -2.24. The molecular formula is C20H27FN7O9P. The summed E-state index contributed by atoms with van der Waals surface area (Å²) in [4.78, 5) is 45.6. The van der Waals surface area contributed by atoms with E-state index in [0.717, 1.165) is 10.9 Å². The minimum atomic E-state index is -4.20. The summed E-state index contributed by atoms with van der Waals surface area (Å²) in [5.74, 6) is 0.0246. The number of hydrogen-bond acceptors (Lipinski definition) is 12. The number of nitrogens with zero attached hydrogens (tertiary/aromatic N) is 3. The third-order valence-corrected chi connectivity index (χ3v) is 6.93. The van der Waals surface area contributed by atoms with E-state index in [0.29, 0.717) is 0 Å². The van der Waals surface area contributed by atoms with Gasteiger partial charge in [-0.3, -0.25) is 28.5 Å². The Morgan fingerprint density at radius 2 is 1.95 bits per heavy atom. The maximum Gasteiger partial charge on any atom is 0.341 e. The minimum Gasteiger partial charge on any atom is -0.465 e. The molecule has 0 aliphatic carbocycles. The number of aromatic nitrogens is 4. The third kappa shape index (κ3) is 6.18. The average molecular weight is 559 g/mol. The Kier molecular flexibility index (Phi) is 9.20. The number of rotatable bonds is 12. The standard InChI is InChI=1S/C20H27FN7O9P/c1-4-20(21)15(31)11(37-18(20)28-10-23-14-16(28)26-19(22)27-17(14)32)9-36-38(33,24-7-12(29)34-5-2)25-8-13(30)35-6-3/h1,10-11,15,18,31H,5-9H2,2-3H3,(H2,24,25,33)(H3,22,26,27,32)/t11-,15?,18-,20?/m1/s1. The van der Waals surface area contributed by atoms with E-state index >= 15 is 4.39 Å². The molecule has 1 aliphatic rings. The van der Waals surface area contributed by atoms with Gasteiger partial charge in [0.05, 0.1) is 26.1 Å². The number of H-pyrrole nitrogens is 1. The number of alkyl halides is 1. The highest BCUT2D eigenvalue weighted by atomic mass is 31.2. The van der Waals surface area contributed by atoms with E-state index in [1.54, 1.807) is 13.8 Å². The summed E-state index contributed by atoms with van der Waals surface area (Å²) in [5.41, 5.74) is 1.65. The molecule has 1 saturated heterocycles. The van der Waals surface area contributed by atoms with Crippen LogP contribution in [0.15, 0.2) is 11.1 Å². The molecule has 0 amide bonds. The van der Waals surface area contributed by atoms with Crippen molar-refractivity contribution in [1.82, 2.24) is 29.7 Å². The quantitative estimate of drug-likeness (QED) is 0.116. The van der Waals surface area contributed by atoms with Crippen LogP contribution in [0.2, 0.25) is 0 Å². The lowest BCUT2D eigenvalue weighted by molar-refractivity contribution is -0.142. The van der Waals surface area contributed by atoms with Crippen LogP contribution < -0.4 is 21.5 Å². The van der Waals surface area contributed by atoms with E-state index < -0.39 is 69.0 Å². The number of halogens is 1. The number of esters is 2. The van der Waals surface area contributed by atoms with Gasteiger partial charge in [-0.15, -0.1) is 6.42 Å². The van der Waals surface area contributed by atoms with Gasteiger partial charge < -0.3 is 29.6 Å². The number of nitrogens with two attached hydrogens (primary N) is 1. The smallest absolute Gasteiger partial charge is 0.341 e. The second-order valence-corrected chi connectivity index (χ2v) is 9.78. The lowest BCUT2D eigenvalue weighted by Crippen LogP contribution is -2.42. The normalized spacial score (nSPS) is 23.3. The monoisotopic (exact) mass is 559 g/mol. The number of fused-ring (bicyclic) bond motifs is 1. The SMILES string of the molecule is C#CC1(F)C(O)[C@@H](COP(=O)(NCC(=O)OCC)NCC(=O)OCC)O[C@H]1n1cnc2c(=O)[nH]c(N)nc21. The topological polar surface area (TPSA) is 222 Å². The van der Waals surface area contributed by atoms with Crippen LogP contribution in [0.3, 0.4) is 0 Å². The average Bonchev–Trinajstić information content (AvgIpc) is 3.40. The van der Waals surface area contributed by atoms with Gasteiger partial charge in [-0.05, 0) is 13.8 Å². The minimum absolute atomic E-state index is 0.0609. The van der Waals surface area contributed by atoms with Gasteiger partial charge in [-0.2, -0.15) is 4.98 Å². The molecule has 1 fully saturated rings. The number of aliphatic hydroxyl groups excluding tert-OH is 1. The molecule has 2 unspecified atom stereocenters. The van der Waals surface area contributed by atoms with Crippen molar-refractivity contribution in [2.45, 2.75) is 38.0 Å². The summed E-state index contributed by atoms with van der Waals surface area (Å²) in [7, 11) is -4.20. The van der Waals surface area contributed by atoms with Crippen LogP contribution in [0.5, 0.6) is 0 Å². The first kappa shape index (κ1) is 29.2. The van der Waals surface area contributed by atoms with Crippen molar-refractivity contribution in [3.63, 3.8) is 0 Å². The summed E-state index contributed by atoms with van der Waals surface area (Å²) in [6, 6.07) is 0. The number of imidazole rings is 1. The number of nitrogen functional groups attached to an aromatic ring is 1. The number of terminal acetylenes is 1. The second-order valence-electron chi connectivity index (χ2n) is 7.79. The van der Waals surface area contributed by atoms with E-state index in [-0.39, 0.29) is 30.3 Å². The molecule has 0 bridgehead atoms. The fourth-order valence-corrected chi connectivity index (χ4v) is 4.84. The molecule has 3 heterocycles. The second kappa shape index (κ2) is 12.0. The molecule has 4 atom stereocenters. The van der Waals surface area contributed by atoms with Crippen LogP contribution in [0, 0.1) is 12.3 Å². The number of aromatic amines is 1. The first-order valence-electron chi connectivity index (χ1n) is 11.3. The predicted molar refractivity (Wildman–Crippen MR) is 128 cm³/mol. The Balaban J connectivity index is 1.82. The molecule has 208 valence electrons. The van der Waals surface area contributed by atoms with Gasteiger partial charge in [0.1, 0.15) is 25.3 Å². The molecule has 0 aromatic carbocycles. The van der Waals surface area contributed by atoms with Crippen molar-refractivity contribution < 1.29 is 42.4 Å². The summed E-state index contributed by atoms with van der Waals surface area (Å²) < 4.78 is 50.6. The van der Waals surface area contributed by atoms with E-state index in [4.69, 9.17) is 30.9 Å². The predicted octanol–water partition coefficient (Wildman–Crippen LogP) is -1.27. The van der Waals surface area contributed by atoms with Crippen molar-refractivity contribution in [2.75, 3.05) is 38.6 Å². The number of carbonyl (C=O) groups excluding carboxylic acids is 2. The first-order chi connectivity index (χ1) is 18.0.